The SMILES string of the molecule is CCCCCCCCCCCCCC(=O)OC[C@H](COCC[O][Po][O]C)OC(=O)CCCCCCCCCCCCC. The zero-order chi connectivity index (χ0) is 30.8. The van der Waals surface area contributed by atoms with Gasteiger partial charge in [0.1, 0.15) is 0 Å². The predicted octanol–water partition coefficient (Wildman–Crippen LogP) is 9.06. The summed E-state index contributed by atoms with van der Waals surface area (Å²) in [5, 5.41) is 0. The van der Waals surface area contributed by atoms with Gasteiger partial charge in [-0.3, -0.25) is 0 Å². The zero-order valence-electron chi connectivity index (χ0n) is 27.6. The Kier molecular flexibility index (Phi) is 35.0. The summed E-state index contributed by atoms with van der Waals surface area (Å²) >= 11 is -1.17. The van der Waals surface area contributed by atoms with Crippen LogP contribution in [0, 0.1) is 0 Å². The number of esters is 2. The normalized spacial score (nSPS) is 12.0. The van der Waals surface area contributed by atoms with E-state index in [1.807, 2.05) is 0 Å². The molecule has 0 unspecified atom stereocenters. The van der Waals surface area contributed by atoms with Gasteiger partial charge in [0, 0.05) is 0 Å². The van der Waals surface area contributed by atoms with Crippen LogP contribution in [0.2, 0.25) is 0 Å². The molecule has 0 saturated heterocycles. The van der Waals surface area contributed by atoms with Crippen molar-refractivity contribution in [3.63, 3.8) is 0 Å². The van der Waals surface area contributed by atoms with Gasteiger partial charge in [-0.25, -0.2) is 0 Å². The summed E-state index contributed by atoms with van der Waals surface area (Å²) in [5.74, 6) is -0.474. The van der Waals surface area contributed by atoms with Gasteiger partial charge in [-0.2, -0.15) is 0 Å². The van der Waals surface area contributed by atoms with Crippen LogP contribution in [0.15, 0.2) is 0 Å². The molecule has 0 aromatic carbocycles. The monoisotopic (exact) mass is 795 g/mol. The molecule has 42 heavy (non-hydrogen) atoms. The van der Waals surface area contributed by atoms with Gasteiger partial charge < -0.3 is 0 Å². The van der Waals surface area contributed by atoms with E-state index in [4.69, 9.17) is 19.8 Å². The quantitative estimate of drug-likeness (QED) is 0.0475. The Hall–Kier alpha value is -0.284. The van der Waals surface area contributed by atoms with Crippen LogP contribution in [0.1, 0.15) is 168 Å². The molecule has 1 atom stereocenters. The molecule has 0 spiro atoms. The van der Waals surface area contributed by atoms with E-state index in [9.17, 15) is 9.59 Å². The molecule has 0 amide bonds. The van der Waals surface area contributed by atoms with Crippen molar-refractivity contribution in [2.45, 2.75) is 174 Å². The van der Waals surface area contributed by atoms with Gasteiger partial charge in [0.25, 0.3) is 0 Å². The molecule has 0 heterocycles. The topological polar surface area (TPSA) is 80.3 Å². The molecule has 0 aromatic rings. The Morgan fingerprint density at radius 2 is 0.976 bits per heavy atom. The van der Waals surface area contributed by atoms with Crippen molar-refractivity contribution in [2.24, 2.45) is 0 Å². The van der Waals surface area contributed by atoms with Gasteiger partial charge in [0.2, 0.25) is 0 Å². The molecule has 0 rings (SSSR count). The fourth-order valence-corrected chi connectivity index (χ4v) is 5.78. The Morgan fingerprint density at radius 3 is 1.43 bits per heavy atom. The minimum absolute atomic E-state index is 0.0380. The number of carbonyl (C=O) groups is 2. The fraction of sp³-hybridized carbons (Fsp3) is 0.941. The van der Waals surface area contributed by atoms with Crippen LogP contribution in [0.3, 0.4) is 0 Å². The van der Waals surface area contributed by atoms with Crippen molar-refractivity contribution >= 4 is 36.4 Å². The number of hydrogen-bond donors (Lipinski definition) is 0. The Morgan fingerprint density at radius 1 is 0.548 bits per heavy atom. The van der Waals surface area contributed by atoms with E-state index < -0.39 is 30.6 Å². The first kappa shape index (κ1) is 41.7. The number of rotatable bonds is 34. The number of hydrogen-bond acceptors (Lipinski definition) is 7. The molecule has 0 fully saturated rings. The zero-order valence-corrected chi connectivity index (χ0v) is 30.8. The molecule has 250 valence electrons. The van der Waals surface area contributed by atoms with Gasteiger partial charge in [-0.05, 0) is 0 Å². The molecular weight excluding hydrogens is 729 g/mol. The second-order valence-corrected chi connectivity index (χ2v) is 14.2. The molecular formula is C34H66O7Po. The Balaban J connectivity index is 4.06. The van der Waals surface area contributed by atoms with Crippen molar-refractivity contribution in [1.82, 2.24) is 0 Å². The van der Waals surface area contributed by atoms with Crippen LogP contribution in [0.5, 0.6) is 0 Å². The van der Waals surface area contributed by atoms with E-state index in [2.05, 4.69) is 13.8 Å². The number of unbranched alkanes of at least 4 members (excludes halogenated alkanes) is 20. The fourth-order valence-electron chi connectivity index (χ4n) is 4.88. The van der Waals surface area contributed by atoms with E-state index in [0.717, 1.165) is 32.1 Å². The summed E-state index contributed by atoms with van der Waals surface area (Å²) in [5.41, 5.74) is 0. The minimum atomic E-state index is -1.17. The summed E-state index contributed by atoms with van der Waals surface area (Å²) in [6.07, 6.45) is 27.5. The van der Waals surface area contributed by atoms with Crippen LogP contribution in [0.25, 0.3) is 0 Å². The van der Waals surface area contributed by atoms with E-state index in [1.54, 1.807) is 7.11 Å². The van der Waals surface area contributed by atoms with Crippen LogP contribution < -0.4 is 0 Å². The molecule has 0 saturated carbocycles. The first-order chi connectivity index (χ1) is 20.6. The average Bonchev–Trinajstić information content (AvgIpc) is 2.99. The third-order valence-electron chi connectivity index (χ3n) is 7.43. The van der Waals surface area contributed by atoms with E-state index in [1.165, 1.54) is 109 Å². The minimum Gasteiger partial charge on any atom is -0.0654 e. The van der Waals surface area contributed by atoms with E-state index in [-0.39, 0.29) is 25.2 Å². The van der Waals surface area contributed by atoms with Gasteiger partial charge in [-0.1, -0.05) is 123 Å². The van der Waals surface area contributed by atoms with Crippen LogP contribution in [-0.4, -0.2) is 76.0 Å². The van der Waals surface area contributed by atoms with Gasteiger partial charge in [0.05, 0.1) is 0 Å². The van der Waals surface area contributed by atoms with Crippen molar-refractivity contribution in [1.29, 1.82) is 0 Å². The second-order valence-electron chi connectivity index (χ2n) is 11.5. The van der Waals surface area contributed by atoms with Gasteiger partial charge >= 0.3 is 150 Å². The second kappa shape index (κ2) is 35.2. The molecule has 0 radical (unpaired) electrons. The molecule has 0 aliphatic rings. The summed E-state index contributed by atoms with van der Waals surface area (Å²) in [7, 11) is 1.64. The van der Waals surface area contributed by atoms with Crippen molar-refractivity contribution in [3.8, 4) is 0 Å². The van der Waals surface area contributed by atoms with E-state index >= 15 is 0 Å². The summed E-state index contributed by atoms with van der Waals surface area (Å²) in [4.78, 5) is 24.8. The third-order valence-corrected chi connectivity index (χ3v) is 8.98. The molecule has 0 aliphatic carbocycles. The standard InChI is InChI=1S/C33H63O6.CH3O.Po/c1-3-5-7-9-11-13-15-17-19-21-23-25-32(35)38-30-31(29-37-28-27-34)39-33(36)26-24-22-20-18-16-14-12-10-8-6-4-2;1-2;/h31H,3-30H2,1-2H3;1H3;/q2*-1;+2/t31-;;/m0../s1. The summed E-state index contributed by atoms with van der Waals surface area (Å²) in [6.45, 7) is 5.58. The molecule has 8 heteroatoms. The van der Waals surface area contributed by atoms with Gasteiger partial charge in [0.15, 0.2) is 0 Å². The van der Waals surface area contributed by atoms with E-state index in [0.29, 0.717) is 26.1 Å². The first-order valence-corrected chi connectivity index (χ1v) is 20.0. The maximum absolute atomic E-state index is 12.5. The molecule has 0 bridgehead atoms. The molecule has 7 nitrogen and oxygen atoms in total. The molecule has 0 aliphatic heterocycles. The predicted molar refractivity (Wildman–Crippen MR) is 173 cm³/mol. The third kappa shape index (κ3) is 32.6. The van der Waals surface area contributed by atoms with Crippen LogP contribution in [0.4, 0.5) is 0 Å². The van der Waals surface area contributed by atoms with Crippen LogP contribution in [-0.2, 0) is 29.3 Å². The average molecular weight is 796 g/mol. The molecule has 0 aromatic heterocycles. The Labute approximate surface area is 272 Å². The maximum atomic E-state index is 12.5. The Bertz CT molecular complexity index is 576. The van der Waals surface area contributed by atoms with Crippen LogP contribution >= 0.6 is 0 Å². The number of ether oxygens (including phenoxy) is 3. The first-order valence-electron chi connectivity index (χ1n) is 17.4. The summed E-state index contributed by atoms with van der Waals surface area (Å²) in [6, 6.07) is 0. The smallest absolute Gasteiger partial charge is 0.0654 e. The summed E-state index contributed by atoms with van der Waals surface area (Å²) < 4.78 is 27.2. The van der Waals surface area contributed by atoms with Crippen molar-refractivity contribution in [3.05, 3.63) is 0 Å². The number of carbonyl (C=O) groups excluding carboxylic acids is 2. The van der Waals surface area contributed by atoms with Gasteiger partial charge in [-0.15, -0.1) is 0 Å². The van der Waals surface area contributed by atoms with Crippen molar-refractivity contribution < 1.29 is 29.3 Å². The molecule has 0 N–H and O–H groups in total. The van der Waals surface area contributed by atoms with Crippen molar-refractivity contribution in [2.75, 3.05) is 33.5 Å².